The number of fused-ring (bicyclic) bond motifs is 2. The number of hydrogen-bond donors (Lipinski definition) is 2. The number of amidine groups is 1. The van der Waals surface area contributed by atoms with Gasteiger partial charge in [0.15, 0.2) is 0 Å². The van der Waals surface area contributed by atoms with Gasteiger partial charge in [-0.2, -0.15) is 0 Å². The van der Waals surface area contributed by atoms with Gasteiger partial charge in [0.05, 0.1) is 30.1 Å². The van der Waals surface area contributed by atoms with E-state index in [0.29, 0.717) is 11.8 Å². The molecule has 1 aliphatic carbocycles. The normalized spacial score (nSPS) is 25.5. The number of rotatable bonds is 5. The van der Waals surface area contributed by atoms with Gasteiger partial charge >= 0.3 is 0 Å². The van der Waals surface area contributed by atoms with E-state index in [9.17, 15) is 0 Å². The number of benzene rings is 2. The summed E-state index contributed by atoms with van der Waals surface area (Å²) in [6, 6.07) is 21.1. The molecule has 4 aliphatic rings. The lowest BCUT2D eigenvalue weighted by Crippen LogP contribution is -2.45. The lowest BCUT2D eigenvalue weighted by atomic mass is 9.80. The molecule has 1 aromatic heterocycles. The molecule has 3 aromatic rings. The highest BCUT2D eigenvalue weighted by atomic mass is 16.5. The third-order valence-electron chi connectivity index (χ3n) is 8.78. The van der Waals surface area contributed by atoms with Crippen molar-refractivity contribution >= 4 is 22.4 Å². The average molecular weight is 521 g/mol. The van der Waals surface area contributed by atoms with Crippen molar-refractivity contribution in [3.05, 3.63) is 84.3 Å². The molecule has 3 N–H and O–H groups in total. The quantitative estimate of drug-likeness (QED) is 0.504. The van der Waals surface area contributed by atoms with Gasteiger partial charge in [0.1, 0.15) is 17.7 Å². The van der Waals surface area contributed by atoms with Crippen molar-refractivity contribution in [1.82, 2.24) is 20.1 Å². The van der Waals surface area contributed by atoms with Gasteiger partial charge in [0.2, 0.25) is 0 Å². The van der Waals surface area contributed by atoms with E-state index in [0.717, 1.165) is 71.3 Å². The first-order valence-corrected chi connectivity index (χ1v) is 14.3. The Morgan fingerprint density at radius 2 is 1.72 bits per heavy atom. The fraction of sp³-hybridized carbons (Fsp3) is 0.375. The van der Waals surface area contributed by atoms with Crippen molar-refractivity contribution in [3.8, 4) is 11.3 Å². The van der Waals surface area contributed by atoms with E-state index in [1.54, 1.807) is 0 Å². The molecule has 7 nitrogen and oxygen atoms in total. The molecule has 7 rings (SSSR count). The molecule has 3 aliphatic heterocycles. The van der Waals surface area contributed by atoms with Crippen LogP contribution in [-0.2, 0) is 4.74 Å². The average Bonchev–Trinajstić information content (AvgIpc) is 3.39. The molecular formula is C32H36N6O. The Bertz CT molecular complexity index is 1430. The van der Waals surface area contributed by atoms with Gasteiger partial charge in [-0.15, -0.1) is 0 Å². The molecule has 0 bridgehead atoms. The summed E-state index contributed by atoms with van der Waals surface area (Å²) in [6.07, 6.45) is 9.08. The number of pyridine rings is 1. The van der Waals surface area contributed by atoms with Gasteiger partial charge in [-0.1, -0.05) is 48.5 Å². The lowest BCUT2D eigenvalue weighted by Gasteiger charge is -2.39. The first-order valence-electron chi connectivity index (χ1n) is 14.3. The zero-order valence-electron chi connectivity index (χ0n) is 22.3. The van der Waals surface area contributed by atoms with Crippen molar-refractivity contribution in [2.45, 2.75) is 31.8 Å². The molecular weight excluding hydrogens is 484 g/mol. The molecule has 4 heterocycles. The summed E-state index contributed by atoms with van der Waals surface area (Å²) in [5, 5.41) is 5.02. The fourth-order valence-corrected chi connectivity index (χ4v) is 6.67. The molecule has 39 heavy (non-hydrogen) atoms. The van der Waals surface area contributed by atoms with Crippen molar-refractivity contribution in [1.29, 1.82) is 0 Å². The number of ether oxygens (including phenoxy) is 1. The molecule has 7 heteroatoms. The minimum absolute atomic E-state index is 0.184. The third-order valence-corrected chi connectivity index (χ3v) is 8.78. The van der Waals surface area contributed by atoms with E-state index in [1.165, 1.54) is 32.2 Å². The van der Waals surface area contributed by atoms with Crippen LogP contribution >= 0.6 is 0 Å². The lowest BCUT2D eigenvalue weighted by molar-refractivity contribution is 0.0249. The molecule has 2 fully saturated rings. The van der Waals surface area contributed by atoms with Gasteiger partial charge in [-0.05, 0) is 49.7 Å². The van der Waals surface area contributed by atoms with E-state index in [-0.39, 0.29) is 6.17 Å². The minimum atomic E-state index is 0.184. The molecule has 1 saturated carbocycles. The Balaban J connectivity index is 1.13. The van der Waals surface area contributed by atoms with Crippen LogP contribution in [0.1, 0.15) is 31.2 Å². The van der Waals surface area contributed by atoms with Gasteiger partial charge in [0.25, 0.3) is 0 Å². The largest absolute Gasteiger partial charge is 0.382 e. The van der Waals surface area contributed by atoms with Gasteiger partial charge < -0.3 is 20.7 Å². The van der Waals surface area contributed by atoms with Crippen LogP contribution in [0, 0.1) is 11.8 Å². The van der Waals surface area contributed by atoms with Crippen LogP contribution in [0.2, 0.25) is 0 Å². The highest BCUT2D eigenvalue weighted by Gasteiger charge is 2.40. The van der Waals surface area contributed by atoms with Gasteiger partial charge in [-0.25, -0.2) is 9.98 Å². The maximum Gasteiger partial charge on any atom is 0.149 e. The van der Waals surface area contributed by atoms with Crippen molar-refractivity contribution < 1.29 is 4.74 Å². The first kappa shape index (κ1) is 24.4. The van der Waals surface area contributed by atoms with Gasteiger partial charge in [-0.3, -0.25) is 4.90 Å². The van der Waals surface area contributed by atoms with Crippen molar-refractivity contribution in [2.24, 2.45) is 22.6 Å². The van der Waals surface area contributed by atoms with E-state index < -0.39 is 0 Å². The second kappa shape index (κ2) is 10.5. The minimum Gasteiger partial charge on any atom is -0.382 e. The van der Waals surface area contributed by atoms with E-state index in [1.807, 2.05) is 12.3 Å². The summed E-state index contributed by atoms with van der Waals surface area (Å²) >= 11 is 0. The summed E-state index contributed by atoms with van der Waals surface area (Å²) in [6.45, 7) is 5.11. The Morgan fingerprint density at radius 1 is 0.923 bits per heavy atom. The Morgan fingerprint density at radius 3 is 2.54 bits per heavy atom. The van der Waals surface area contributed by atoms with Gasteiger partial charge in [0, 0.05) is 48.5 Å². The summed E-state index contributed by atoms with van der Waals surface area (Å²) < 4.78 is 5.54. The second-order valence-corrected chi connectivity index (χ2v) is 11.2. The van der Waals surface area contributed by atoms with E-state index in [2.05, 4.69) is 80.9 Å². The maximum atomic E-state index is 6.51. The van der Waals surface area contributed by atoms with Crippen molar-refractivity contribution in [2.75, 3.05) is 32.8 Å². The maximum absolute atomic E-state index is 6.51. The highest BCUT2D eigenvalue weighted by Crippen LogP contribution is 2.39. The predicted molar refractivity (Wildman–Crippen MR) is 156 cm³/mol. The monoisotopic (exact) mass is 520 g/mol. The van der Waals surface area contributed by atoms with E-state index in [4.69, 9.17) is 15.5 Å². The van der Waals surface area contributed by atoms with Crippen LogP contribution in [-0.4, -0.2) is 59.6 Å². The number of nitrogens with zero attached hydrogens (tertiary/aromatic N) is 4. The van der Waals surface area contributed by atoms with Crippen molar-refractivity contribution in [3.63, 3.8) is 0 Å². The molecule has 2 aromatic carbocycles. The molecule has 1 atom stereocenters. The predicted octanol–water partition coefficient (Wildman–Crippen LogP) is 4.78. The Labute approximate surface area is 230 Å². The zero-order valence-corrected chi connectivity index (χ0v) is 22.3. The molecule has 0 radical (unpaired) electrons. The van der Waals surface area contributed by atoms with Crippen LogP contribution in [0.4, 0.5) is 0 Å². The third kappa shape index (κ3) is 4.81. The number of nitrogens with one attached hydrogen (secondary N) is 1. The Kier molecular flexibility index (Phi) is 6.54. The summed E-state index contributed by atoms with van der Waals surface area (Å²) in [7, 11) is 0. The summed E-state index contributed by atoms with van der Waals surface area (Å²) in [5.74, 6) is 1.90. The molecule has 200 valence electrons. The smallest absolute Gasteiger partial charge is 0.149 e. The number of hydrogen-bond acceptors (Lipinski definition) is 7. The molecule has 0 spiro atoms. The Hall–Kier alpha value is -3.68. The first-order chi connectivity index (χ1) is 19.2. The van der Waals surface area contributed by atoms with Crippen LogP contribution < -0.4 is 11.1 Å². The number of morpholine rings is 1. The van der Waals surface area contributed by atoms with Crippen LogP contribution in [0.3, 0.4) is 0 Å². The van der Waals surface area contributed by atoms with Crippen LogP contribution in [0.25, 0.3) is 27.9 Å². The standard InChI is InChI=1S/C32H36N6O/c33-31-30-29(26-11-10-24-12-13-27(35-28(24)20-26)23-4-2-1-3-5-23)36-32(38(30)15-14-34-31)25-8-6-22(7-9-25)21-37-16-18-39-19-17-37/h1-5,10-15,20,22,25,32,36H,6-9,16-19,21H2,(H2,33,34)/t22-,25-,32?. The van der Waals surface area contributed by atoms with Crippen LogP contribution in [0.5, 0.6) is 0 Å². The number of aliphatic imine (C=N–C) groups is 1. The zero-order chi connectivity index (χ0) is 26.2. The SMILES string of the molecule is NC1=NC=CN2C1=C(c1ccc3ccc(-c4ccccc4)nc3c1)NC2[C@H]1CC[C@H](CN2CCOCC2)CC1. The summed E-state index contributed by atoms with van der Waals surface area (Å²) in [4.78, 5) is 14.4. The van der Waals surface area contributed by atoms with Crippen LogP contribution in [0.15, 0.2) is 83.8 Å². The van der Waals surface area contributed by atoms with E-state index >= 15 is 0 Å². The highest BCUT2D eigenvalue weighted by molar-refractivity contribution is 6.05. The second-order valence-electron chi connectivity index (χ2n) is 11.2. The number of aromatic nitrogens is 1. The molecule has 1 unspecified atom stereocenters. The number of nitrogens with two attached hydrogens (primary N) is 1. The molecule has 1 saturated heterocycles. The topological polar surface area (TPSA) is 79.0 Å². The fourth-order valence-electron chi connectivity index (χ4n) is 6.67. The molecule has 0 amide bonds. The summed E-state index contributed by atoms with van der Waals surface area (Å²) in [5.41, 5.74) is 12.7.